The Hall–Kier alpha value is -0.0400. The summed E-state index contributed by atoms with van der Waals surface area (Å²) in [6.45, 7) is 8.08. The van der Waals surface area contributed by atoms with Crippen LogP contribution in [0, 0.1) is 17.3 Å². The molecule has 2 atom stereocenters. The molecular weight excluding hydrogens is 218 g/mol. The van der Waals surface area contributed by atoms with E-state index in [-0.39, 0.29) is 0 Å². The largest absolute Gasteiger partial charge is 0.330 e. The van der Waals surface area contributed by atoms with Crippen molar-refractivity contribution in [2.24, 2.45) is 23.0 Å². The van der Waals surface area contributed by atoms with Gasteiger partial charge in [0.2, 0.25) is 0 Å². The van der Waals surface area contributed by atoms with E-state index in [1.54, 1.807) is 0 Å². The molecule has 108 valence electrons. The minimum atomic E-state index is 0.568. The summed E-state index contributed by atoms with van der Waals surface area (Å²) >= 11 is 0. The summed E-state index contributed by atoms with van der Waals surface area (Å²) in [7, 11) is 0. The molecule has 0 spiro atoms. The molecule has 0 aromatic rings. The van der Waals surface area contributed by atoms with Gasteiger partial charge in [0.25, 0.3) is 0 Å². The molecule has 1 aliphatic rings. The fraction of sp³-hybridized carbons (Fsp3) is 1.00. The van der Waals surface area contributed by atoms with E-state index in [4.69, 9.17) is 5.73 Å². The summed E-state index contributed by atoms with van der Waals surface area (Å²) in [5.74, 6) is 1.72. The lowest BCUT2D eigenvalue weighted by Crippen LogP contribution is -2.34. The summed E-state index contributed by atoms with van der Waals surface area (Å²) in [4.78, 5) is 0. The van der Waals surface area contributed by atoms with Gasteiger partial charge < -0.3 is 5.73 Å². The number of unbranched alkanes of at least 4 members (excludes halogenated alkanes) is 5. The Kier molecular flexibility index (Phi) is 7.29. The lowest BCUT2D eigenvalue weighted by Gasteiger charge is -2.40. The van der Waals surface area contributed by atoms with Crippen molar-refractivity contribution in [1.29, 1.82) is 0 Å². The Bertz CT molecular complexity index is 210. The number of nitrogens with two attached hydrogens (primary N) is 1. The molecule has 0 amide bonds. The first-order valence-electron chi connectivity index (χ1n) is 8.29. The highest BCUT2D eigenvalue weighted by molar-refractivity contribution is 4.85. The van der Waals surface area contributed by atoms with Crippen LogP contribution in [0.25, 0.3) is 0 Å². The van der Waals surface area contributed by atoms with Gasteiger partial charge in [0, 0.05) is 0 Å². The third kappa shape index (κ3) is 5.73. The van der Waals surface area contributed by atoms with E-state index in [2.05, 4.69) is 20.8 Å². The minimum Gasteiger partial charge on any atom is -0.330 e. The fourth-order valence-electron chi connectivity index (χ4n) is 3.63. The SMILES string of the molecule is CCCCCCCCC1CC(C)(C)CCC1CN. The van der Waals surface area contributed by atoms with Crippen molar-refractivity contribution >= 4 is 0 Å². The smallest absolute Gasteiger partial charge is 0.00462 e. The topological polar surface area (TPSA) is 26.0 Å². The lowest BCUT2D eigenvalue weighted by molar-refractivity contribution is 0.113. The Morgan fingerprint density at radius 3 is 2.33 bits per heavy atom. The van der Waals surface area contributed by atoms with Crippen molar-refractivity contribution in [2.75, 3.05) is 6.54 Å². The maximum absolute atomic E-state index is 5.95. The first-order chi connectivity index (χ1) is 8.59. The minimum absolute atomic E-state index is 0.568. The van der Waals surface area contributed by atoms with Crippen molar-refractivity contribution in [3.63, 3.8) is 0 Å². The normalized spacial score (nSPS) is 27.3. The highest BCUT2D eigenvalue weighted by atomic mass is 14.6. The Morgan fingerprint density at radius 2 is 1.67 bits per heavy atom. The quantitative estimate of drug-likeness (QED) is 0.596. The maximum Gasteiger partial charge on any atom is -0.00462 e. The monoisotopic (exact) mass is 253 g/mol. The molecular formula is C17H35N. The Labute approximate surface area is 115 Å². The summed E-state index contributed by atoms with van der Waals surface area (Å²) in [6.07, 6.45) is 14.1. The van der Waals surface area contributed by atoms with Crippen molar-refractivity contribution in [1.82, 2.24) is 0 Å². The Morgan fingerprint density at radius 1 is 1.00 bits per heavy atom. The molecule has 1 nitrogen and oxygen atoms in total. The third-order valence-corrected chi connectivity index (χ3v) is 4.90. The molecule has 1 fully saturated rings. The molecule has 0 saturated heterocycles. The highest BCUT2D eigenvalue weighted by Crippen LogP contribution is 2.43. The van der Waals surface area contributed by atoms with Crippen LogP contribution in [-0.4, -0.2) is 6.54 Å². The molecule has 0 bridgehead atoms. The molecule has 0 aromatic carbocycles. The number of rotatable bonds is 8. The van der Waals surface area contributed by atoms with Gasteiger partial charge in [-0.2, -0.15) is 0 Å². The van der Waals surface area contributed by atoms with Gasteiger partial charge in [-0.05, 0) is 43.1 Å². The second kappa shape index (κ2) is 8.19. The molecule has 0 radical (unpaired) electrons. The molecule has 1 rings (SSSR count). The molecule has 18 heavy (non-hydrogen) atoms. The van der Waals surface area contributed by atoms with E-state index in [0.29, 0.717) is 5.41 Å². The average Bonchev–Trinajstić information content (AvgIpc) is 2.33. The summed E-state index contributed by atoms with van der Waals surface area (Å²) in [6, 6.07) is 0. The van der Waals surface area contributed by atoms with Gasteiger partial charge in [0.05, 0.1) is 0 Å². The fourth-order valence-corrected chi connectivity index (χ4v) is 3.63. The zero-order valence-corrected chi connectivity index (χ0v) is 13.0. The van der Waals surface area contributed by atoms with E-state index in [0.717, 1.165) is 18.4 Å². The van der Waals surface area contributed by atoms with Gasteiger partial charge in [-0.3, -0.25) is 0 Å². The first-order valence-corrected chi connectivity index (χ1v) is 8.29. The van der Waals surface area contributed by atoms with Gasteiger partial charge >= 0.3 is 0 Å². The Balaban J connectivity index is 2.20. The molecule has 2 unspecified atom stereocenters. The van der Waals surface area contributed by atoms with Crippen molar-refractivity contribution < 1.29 is 0 Å². The van der Waals surface area contributed by atoms with Crippen LogP contribution in [0.3, 0.4) is 0 Å². The average molecular weight is 253 g/mol. The molecule has 0 aromatic heterocycles. The van der Waals surface area contributed by atoms with Gasteiger partial charge in [0.1, 0.15) is 0 Å². The lowest BCUT2D eigenvalue weighted by atomic mass is 9.66. The number of hydrogen-bond donors (Lipinski definition) is 1. The van der Waals surface area contributed by atoms with Crippen molar-refractivity contribution in [3.05, 3.63) is 0 Å². The van der Waals surface area contributed by atoms with E-state index >= 15 is 0 Å². The molecule has 1 heteroatoms. The summed E-state index contributed by atoms with van der Waals surface area (Å²) < 4.78 is 0. The van der Waals surface area contributed by atoms with Gasteiger partial charge in [-0.25, -0.2) is 0 Å². The van der Waals surface area contributed by atoms with Crippen LogP contribution >= 0.6 is 0 Å². The zero-order valence-electron chi connectivity index (χ0n) is 13.0. The second-order valence-corrected chi connectivity index (χ2v) is 7.22. The molecule has 0 heterocycles. The molecule has 2 N–H and O–H groups in total. The van der Waals surface area contributed by atoms with Crippen LogP contribution in [0.1, 0.15) is 85.0 Å². The van der Waals surface area contributed by atoms with Gasteiger partial charge in [-0.15, -0.1) is 0 Å². The van der Waals surface area contributed by atoms with Gasteiger partial charge in [0.15, 0.2) is 0 Å². The van der Waals surface area contributed by atoms with Crippen LogP contribution < -0.4 is 5.73 Å². The molecule has 0 aliphatic heterocycles. The summed E-state index contributed by atoms with van der Waals surface area (Å²) in [5.41, 5.74) is 6.52. The predicted molar refractivity (Wildman–Crippen MR) is 81.7 cm³/mol. The van der Waals surface area contributed by atoms with E-state index < -0.39 is 0 Å². The molecule has 1 saturated carbocycles. The number of hydrogen-bond acceptors (Lipinski definition) is 1. The van der Waals surface area contributed by atoms with Crippen LogP contribution in [0.2, 0.25) is 0 Å². The first kappa shape index (κ1) is 16.0. The third-order valence-electron chi connectivity index (χ3n) is 4.90. The van der Waals surface area contributed by atoms with Crippen LogP contribution in [-0.2, 0) is 0 Å². The predicted octanol–water partition coefficient (Wildman–Crippen LogP) is 5.14. The molecule has 1 aliphatic carbocycles. The highest BCUT2D eigenvalue weighted by Gasteiger charge is 2.33. The van der Waals surface area contributed by atoms with Crippen LogP contribution in [0.5, 0.6) is 0 Å². The summed E-state index contributed by atoms with van der Waals surface area (Å²) in [5, 5.41) is 0. The maximum atomic E-state index is 5.95. The zero-order chi connectivity index (χ0) is 13.4. The van der Waals surface area contributed by atoms with Gasteiger partial charge in [-0.1, -0.05) is 65.7 Å². The van der Waals surface area contributed by atoms with Crippen molar-refractivity contribution in [3.8, 4) is 0 Å². The van der Waals surface area contributed by atoms with E-state index in [9.17, 15) is 0 Å². The van der Waals surface area contributed by atoms with Crippen molar-refractivity contribution in [2.45, 2.75) is 85.0 Å². The van der Waals surface area contributed by atoms with E-state index in [1.807, 2.05) is 0 Å². The van der Waals surface area contributed by atoms with Crippen LogP contribution in [0.15, 0.2) is 0 Å². The second-order valence-electron chi connectivity index (χ2n) is 7.22. The van der Waals surface area contributed by atoms with E-state index in [1.165, 1.54) is 64.2 Å². The standard InChI is InChI=1S/C17H35N/c1-4-5-6-7-8-9-10-15-13-17(2,3)12-11-16(15)14-18/h15-16H,4-14,18H2,1-3H3. The van der Waals surface area contributed by atoms with Crippen LogP contribution in [0.4, 0.5) is 0 Å².